The third-order valence-electron chi connectivity index (χ3n) is 2.45. The maximum Gasteiger partial charge on any atom is 0.325 e. The minimum Gasteiger partial charge on any atom is -0.469 e. The first-order valence-electron chi connectivity index (χ1n) is 5.92. The molecule has 1 heterocycles. The van der Waals surface area contributed by atoms with Crippen LogP contribution in [0.25, 0.3) is 0 Å². The van der Waals surface area contributed by atoms with Crippen molar-refractivity contribution in [3.8, 4) is 0 Å². The topological polar surface area (TPSA) is 80.3 Å². The molecule has 0 spiro atoms. The van der Waals surface area contributed by atoms with Crippen molar-refractivity contribution >= 4 is 45.8 Å². The number of nitrogens with zero attached hydrogens (tertiary/aromatic N) is 1. The average Bonchev–Trinajstić information content (AvgIpc) is 2.88. The number of para-hydroxylation sites is 1. The smallest absolute Gasteiger partial charge is 0.325 e. The van der Waals surface area contributed by atoms with Gasteiger partial charge in [-0.25, -0.2) is 9.78 Å². The second-order valence-corrected chi connectivity index (χ2v) is 5.22. The Labute approximate surface area is 130 Å². The zero-order valence-electron chi connectivity index (χ0n) is 11.1. The van der Waals surface area contributed by atoms with E-state index in [2.05, 4.69) is 20.4 Å². The summed E-state index contributed by atoms with van der Waals surface area (Å²) in [4.78, 5) is 27.1. The number of nitrogens with one attached hydrogen (secondary N) is 2. The molecule has 0 bridgehead atoms. The first-order valence-corrected chi connectivity index (χ1v) is 7.18. The minimum atomic E-state index is -0.456. The molecule has 21 heavy (non-hydrogen) atoms. The van der Waals surface area contributed by atoms with E-state index in [0.29, 0.717) is 21.5 Å². The van der Waals surface area contributed by atoms with E-state index in [9.17, 15) is 9.59 Å². The van der Waals surface area contributed by atoms with Crippen molar-refractivity contribution in [3.63, 3.8) is 0 Å². The number of aromatic nitrogens is 1. The molecule has 2 amide bonds. The van der Waals surface area contributed by atoms with E-state index in [0.717, 1.165) is 0 Å². The molecule has 110 valence electrons. The number of hydrogen-bond acceptors (Lipinski definition) is 5. The lowest BCUT2D eigenvalue weighted by molar-refractivity contribution is -0.139. The van der Waals surface area contributed by atoms with Crippen molar-refractivity contribution < 1.29 is 14.3 Å². The van der Waals surface area contributed by atoms with Crippen molar-refractivity contribution in [1.29, 1.82) is 0 Å². The molecule has 0 unspecified atom stereocenters. The number of anilines is 2. The van der Waals surface area contributed by atoms with Gasteiger partial charge in [0, 0.05) is 5.38 Å². The van der Waals surface area contributed by atoms with Gasteiger partial charge >= 0.3 is 12.0 Å². The van der Waals surface area contributed by atoms with Crippen molar-refractivity contribution in [2.75, 3.05) is 17.7 Å². The summed E-state index contributed by atoms with van der Waals surface area (Å²) in [6.45, 7) is 0. The number of ether oxygens (including phenoxy) is 1. The van der Waals surface area contributed by atoms with Gasteiger partial charge in [-0.3, -0.25) is 10.1 Å². The van der Waals surface area contributed by atoms with Crippen molar-refractivity contribution in [2.24, 2.45) is 0 Å². The summed E-state index contributed by atoms with van der Waals surface area (Å²) in [7, 11) is 1.31. The molecule has 0 aliphatic rings. The van der Waals surface area contributed by atoms with Crippen LogP contribution in [0.5, 0.6) is 0 Å². The van der Waals surface area contributed by atoms with Crippen LogP contribution in [0.4, 0.5) is 15.6 Å². The molecule has 1 aromatic heterocycles. The number of benzene rings is 1. The number of carbonyl (C=O) groups is 2. The number of carbonyl (C=O) groups excluding carboxylic acids is 2. The fourth-order valence-electron chi connectivity index (χ4n) is 1.48. The number of rotatable bonds is 4. The highest BCUT2D eigenvalue weighted by Gasteiger charge is 2.10. The van der Waals surface area contributed by atoms with Crippen molar-refractivity contribution in [3.05, 3.63) is 40.4 Å². The maximum absolute atomic E-state index is 11.8. The van der Waals surface area contributed by atoms with Gasteiger partial charge in [0.2, 0.25) is 0 Å². The summed E-state index contributed by atoms with van der Waals surface area (Å²) in [5, 5.41) is 7.70. The molecule has 0 aliphatic heterocycles. The molecule has 2 aromatic rings. The van der Waals surface area contributed by atoms with Crippen molar-refractivity contribution in [1.82, 2.24) is 4.98 Å². The third-order valence-corrected chi connectivity index (χ3v) is 3.58. The predicted octanol–water partition coefficient (Wildman–Crippen LogP) is 3.16. The van der Waals surface area contributed by atoms with E-state index in [1.165, 1.54) is 18.4 Å². The van der Waals surface area contributed by atoms with Crippen LogP contribution in [0.2, 0.25) is 5.02 Å². The zero-order valence-corrected chi connectivity index (χ0v) is 12.6. The molecule has 0 fully saturated rings. The third kappa shape index (κ3) is 4.44. The van der Waals surface area contributed by atoms with Crippen LogP contribution in [0.15, 0.2) is 29.6 Å². The molecule has 0 aliphatic carbocycles. The minimum absolute atomic E-state index is 0.0703. The van der Waals surface area contributed by atoms with E-state index >= 15 is 0 Å². The number of thiazole rings is 1. The molecular weight excluding hydrogens is 314 g/mol. The number of urea groups is 1. The van der Waals surface area contributed by atoms with E-state index in [4.69, 9.17) is 11.6 Å². The summed E-state index contributed by atoms with van der Waals surface area (Å²) in [6.07, 6.45) is 0.0703. The lowest BCUT2D eigenvalue weighted by atomic mass is 10.3. The number of methoxy groups -OCH3 is 1. The Morgan fingerprint density at radius 1 is 1.33 bits per heavy atom. The molecule has 6 nitrogen and oxygen atoms in total. The molecule has 2 rings (SSSR count). The molecule has 0 radical (unpaired) electrons. The monoisotopic (exact) mass is 325 g/mol. The summed E-state index contributed by atoms with van der Waals surface area (Å²) in [5.41, 5.74) is 1.04. The standard InChI is InChI=1S/C13H12ClN3O3S/c1-20-11(18)6-8-7-21-13(15-8)17-12(19)16-10-5-3-2-4-9(10)14/h2-5,7H,6H2,1H3,(H2,15,16,17,19). The fraction of sp³-hybridized carbons (Fsp3) is 0.154. The Hall–Kier alpha value is -2.12. The molecular formula is C13H12ClN3O3S. The average molecular weight is 326 g/mol. The highest BCUT2D eigenvalue weighted by Crippen LogP contribution is 2.21. The first kappa shape index (κ1) is 15.3. The van der Waals surface area contributed by atoms with Crippen LogP contribution in [0.1, 0.15) is 5.69 Å². The Morgan fingerprint density at radius 2 is 2.10 bits per heavy atom. The maximum atomic E-state index is 11.8. The van der Waals surface area contributed by atoms with Gasteiger partial charge in [-0.15, -0.1) is 11.3 Å². The van der Waals surface area contributed by atoms with Gasteiger partial charge < -0.3 is 10.1 Å². The van der Waals surface area contributed by atoms with Gasteiger partial charge in [0.05, 0.1) is 29.9 Å². The molecule has 0 saturated carbocycles. The van der Waals surface area contributed by atoms with Gasteiger partial charge in [0.1, 0.15) is 0 Å². The van der Waals surface area contributed by atoms with Crippen molar-refractivity contribution in [2.45, 2.75) is 6.42 Å². The van der Waals surface area contributed by atoms with Gasteiger partial charge in [-0.2, -0.15) is 0 Å². The van der Waals surface area contributed by atoms with Crippen LogP contribution in [-0.2, 0) is 16.0 Å². The van der Waals surface area contributed by atoms with E-state index in [1.54, 1.807) is 29.6 Å². The van der Waals surface area contributed by atoms with Gasteiger partial charge in [-0.1, -0.05) is 23.7 Å². The van der Waals surface area contributed by atoms with E-state index in [-0.39, 0.29) is 12.4 Å². The Bertz CT molecular complexity index is 660. The predicted molar refractivity (Wildman–Crippen MR) is 81.9 cm³/mol. The second kappa shape index (κ2) is 7.05. The molecule has 0 atom stereocenters. The summed E-state index contributed by atoms with van der Waals surface area (Å²) in [5.74, 6) is -0.382. The quantitative estimate of drug-likeness (QED) is 0.846. The van der Waals surface area contributed by atoms with Crippen LogP contribution in [-0.4, -0.2) is 24.1 Å². The van der Waals surface area contributed by atoms with Gasteiger partial charge in [0.15, 0.2) is 5.13 Å². The summed E-state index contributed by atoms with van der Waals surface area (Å²) >= 11 is 7.16. The van der Waals surface area contributed by atoms with E-state index < -0.39 is 6.03 Å². The first-order chi connectivity index (χ1) is 10.1. The molecule has 8 heteroatoms. The number of amides is 2. The highest BCUT2D eigenvalue weighted by atomic mass is 35.5. The lowest BCUT2D eigenvalue weighted by Gasteiger charge is -2.06. The normalized spacial score (nSPS) is 10.0. The van der Waals surface area contributed by atoms with Crippen LogP contribution >= 0.6 is 22.9 Å². The Kier molecular flexibility index (Phi) is 5.13. The zero-order chi connectivity index (χ0) is 15.2. The lowest BCUT2D eigenvalue weighted by Crippen LogP contribution is -2.19. The Balaban J connectivity index is 1.94. The van der Waals surface area contributed by atoms with Gasteiger partial charge in [-0.05, 0) is 12.1 Å². The second-order valence-electron chi connectivity index (χ2n) is 3.96. The van der Waals surface area contributed by atoms with E-state index in [1.807, 2.05) is 0 Å². The SMILES string of the molecule is COC(=O)Cc1csc(NC(=O)Nc2ccccc2Cl)n1. The number of esters is 1. The molecule has 1 aromatic carbocycles. The Morgan fingerprint density at radius 3 is 2.81 bits per heavy atom. The summed E-state index contributed by atoms with van der Waals surface area (Å²) in [6, 6.07) is 6.44. The van der Waals surface area contributed by atoms with Crippen LogP contribution in [0, 0.1) is 0 Å². The van der Waals surface area contributed by atoms with Crippen LogP contribution < -0.4 is 10.6 Å². The number of halogens is 1. The molecule has 2 N–H and O–H groups in total. The molecule has 0 saturated heterocycles. The summed E-state index contributed by atoms with van der Waals surface area (Å²) < 4.78 is 4.55. The van der Waals surface area contributed by atoms with Gasteiger partial charge in [0.25, 0.3) is 0 Å². The van der Waals surface area contributed by atoms with Crippen LogP contribution in [0.3, 0.4) is 0 Å². The number of hydrogen-bond donors (Lipinski definition) is 2. The fourth-order valence-corrected chi connectivity index (χ4v) is 2.37. The largest absolute Gasteiger partial charge is 0.469 e. The highest BCUT2D eigenvalue weighted by molar-refractivity contribution is 7.14.